The zero-order valence-electron chi connectivity index (χ0n) is 11.0. The van der Waals surface area contributed by atoms with Crippen LogP contribution in [0.15, 0.2) is 35.4 Å². The van der Waals surface area contributed by atoms with E-state index in [9.17, 15) is 8.42 Å². The third kappa shape index (κ3) is 2.96. The minimum absolute atomic E-state index is 0.0524. The van der Waals surface area contributed by atoms with E-state index in [0.717, 1.165) is 11.3 Å². The lowest BCUT2D eigenvalue weighted by molar-refractivity contribution is 0.593. The topological polar surface area (TPSA) is 78.0 Å². The molecule has 2 N–H and O–H groups in total. The fourth-order valence-electron chi connectivity index (χ4n) is 1.95. The van der Waals surface area contributed by atoms with Crippen LogP contribution < -0.4 is 5.73 Å². The largest absolute Gasteiger partial charge is 0.399 e. The number of nitrogens with zero attached hydrogens (tertiary/aromatic N) is 2. The molecule has 0 bridgehead atoms. The molecule has 19 heavy (non-hydrogen) atoms. The summed E-state index contributed by atoms with van der Waals surface area (Å²) in [4.78, 5) is 0.315. The number of benzene rings is 1. The van der Waals surface area contributed by atoms with Crippen molar-refractivity contribution >= 4 is 15.5 Å². The molecule has 1 heterocycles. The normalized spacial score (nSPS) is 11.7. The summed E-state index contributed by atoms with van der Waals surface area (Å²) in [6.45, 7) is 1.77. The van der Waals surface area contributed by atoms with Gasteiger partial charge in [-0.25, -0.2) is 8.42 Å². The minimum Gasteiger partial charge on any atom is -0.399 e. The zero-order valence-corrected chi connectivity index (χ0v) is 11.8. The van der Waals surface area contributed by atoms with Gasteiger partial charge in [-0.05, 0) is 30.7 Å². The number of rotatable bonds is 4. The van der Waals surface area contributed by atoms with E-state index in [2.05, 4.69) is 5.10 Å². The van der Waals surface area contributed by atoms with E-state index in [1.165, 1.54) is 6.07 Å². The van der Waals surface area contributed by atoms with E-state index in [1.54, 1.807) is 37.0 Å². The molecule has 0 saturated carbocycles. The highest BCUT2D eigenvalue weighted by atomic mass is 32.2. The molecule has 102 valence electrons. The van der Waals surface area contributed by atoms with Gasteiger partial charge in [0.2, 0.25) is 0 Å². The van der Waals surface area contributed by atoms with E-state index in [4.69, 9.17) is 5.73 Å². The monoisotopic (exact) mass is 279 g/mol. The number of anilines is 1. The molecular weight excluding hydrogens is 262 g/mol. The van der Waals surface area contributed by atoms with E-state index in [1.807, 2.05) is 6.07 Å². The molecule has 0 fully saturated rings. The highest BCUT2D eigenvalue weighted by molar-refractivity contribution is 7.91. The van der Waals surface area contributed by atoms with Crippen molar-refractivity contribution in [2.24, 2.45) is 7.05 Å². The Kier molecular flexibility index (Phi) is 3.61. The average Bonchev–Trinajstić information content (AvgIpc) is 2.75. The van der Waals surface area contributed by atoms with Gasteiger partial charge in [-0.2, -0.15) is 5.10 Å². The van der Waals surface area contributed by atoms with Crippen LogP contribution in [0.2, 0.25) is 0 Å². The molecule has 0 aliphatic heterocycles. The third-order valence-electron chi connectivity index (χ3n) is 3.10. The Morgan fingerprint density at radius 2 is 2.05 bits per heavy atom. The van der Waals surface area contributed by atoms with Crippen LogP contribution in [0.1, 0.15) is 11.3 Å². The number of nitrogen functional groups attached to an aromatic ring is 1. The zero-order chi connectivity index (χ0) is 14.0. The number of sulfone groups is 1. The predicted molar refractivity (Wildman–Crippen MR) is 74.6 cm³/mol. The van der Waals surface area contributed by atoms with Crippen LogP contribution >= 0.6 is 0 Å². The molecular formula is C13H17N3O2S. The van der Waals surface area contributed by atoms with Crippen LogP contribution in [0.25, 0.3) is 0 Å². The van der Waals surface area contributed by atoms with E-state index < -0.39 is 9.84 Å². The number of aromatic nitrogens is 2. The lowest BCUT2D eigenvalue weighted by Gasteiger charge is -2.08. The first-order chi connectivity index (χ1) is 8.90. The maximum absolute atomic E-state index is 12.3. The first kappa shape index (κ1) is 13.6. The second-order valence-corrected chi connectivity index (χ2v) is 6.62. The molecule has 0 aliphatic carbocycles. The van der Waals surface area contributed by atoms with Crippen LogP contribution in [0.4, 0.5) is 5.69 Å². The standard InChI is InChI=1S/C13H17N3O2S/c1-10-3-4-11(14)9-13(10)19(17,18)8-6-12-5-7-15-16(12)2/h3-5,7,9H,6,8,14H2,1-2H3. The van der Waals surface area contributed by atoms with Crippen molar-refractivity contribution in [2.45, 2.75) is 18.2 Å². The van der Waals surface area contributed by atoms with E-state index in [-0.39, 0.29) is 5.75 Å². The maximum Gasteiger partial charge on any atom is 0.179 e. The predicted octanol–water partition coefficient (Wildman–Crippen LogP) is 1.33. The van der Waals surface area contributed by atoms with Crippen LogP contribution in [-0.4, -0.2) is 24.0 Å². The number of hydrogen-bond donors (Lipinski definition) is 1. The molecule has 0 amide bonds. The maximum atomic E-state index is 12.3. The molecule has 0 atom stereocenters. The molecule has 0 aliphatic rings. The Hall–Kier alpha value is -1.82. The molecule has 0 unspecified atom stereocenters. The van der Waals surface area contributed by atoms with Crippen molar-refractivity contribution in [1.82, 2.24) is 9.78 Å². The minimum atomic E-state index is -3.33. The summed E-state index contributed by atoms with van der Waals surface area (Å²) in [7, 11) is -1.53. The van der Waals surface area contributed by atoms with Gasteiger partial charge in [0.15, 0.2) is 9.84 Å². The van der Waals surface area contributed by atoms with Crippen LogP contribution in [-0.2, 0) is 23.3 Å². The van der Waals surface area contributed by atoms with Gasteiger partial charge in [0.25, 0.3) is 0 Å². The summed E-state index contributed by atoms with van der Waals surface area (Å²) in [6, 6.07) is 6.78. The van der Waals surface area contributed by atoms with Crippen molar-refractivity contribution in [3.63, 3.8) is 0 Å². The summed E-state index contributed by atoms with van der Waals surface area (Å²) < 4.78 is 26.3. The van der Waals surface area contributed by atoms with Gasteiger partial charge in [0.05, 0.1) is 10.6 Å². The molecule has 0 saturated heterocycles. The van der Waals surface area contributed by atoms with Gasteiger partial charge in [-0.15, -0.1) is 0 Å². The number of nitrogens with two attached hydrogens (primary N) is 1. The number of hydrogen-bond acceptors (Lipinski definition) is 4. The Morgan fingerprint density at radius 3 is 2.68 bits per heavy atom. The fourth-order valence-corrected chi connectivity index (χ4v) is 3.52. The molecule has 2 aromatic rings. The Morgan fingerprint density at radius 1 is 1.32 bits per heavy atom. The quantitative estimate of drug-likeness (QED) is 0.856. The van der Waals surface area contributed by atoms with Gasteiger partial charge in [-0.1, -0.05) is 6.07 Å². The fraction of sp³-hybridized carbons (Fsp3) is 0.308. The lowest BCUT2D eigenvalue weighted by atomic mass is 10.2. The first-order valence-corrected chi connectivity index (χ1v) is 7.61. The van der Waals surface area contributed by atoms with Crippen molar-refractivity contribution in [3.05, 3.63) is 41.7 Å². The van der Waals surface area contributed by atoms with Gasteiger partial charge in [0, 0.05) is 31.0 Å². The van der Waals surface area contributed by atoms with Crippen LogP contribution in [0.5, 0.6) is 0 Å². The molecule has 5 nitrogen and oxygen atoms in total. The molecule has 2 rings (SSSR count). The van der Waals surface area contributed by atoms with Gasteiger partial charge < -0.3 is 5.73 Å². The van der Waals surface area contributed by atoms with Gasteiger partial charge in [-0.3, -0.25) is 4.68 Å². The summed E-state index contributed by atoms with van der Waals surface area (Å²) in [5, 5.41) is 4.02. The van der Waals surface area contributed by atoms with Crippen molar-refractivity contribution in [1.29, 1.82) is 0 Å². The highest BCUT2D eigenvalue weighted by Crippen LogP contribution is 2.20. The van der Waals surface area contributed by atoms with Crippen molar-refractivity contribution in [2.75, 3.05) is 11.5 Å². The Labute approximate surface area is 113 Å². The first-order valence-electron chi connectivity index (χ1n) is 5.96. The average molecular weight is 279 g/mol. The molecule has 1 aromatic heterocycles. The smallest absolute Gasteiger partial charge is 0.179 e. The van der Waals surface area contributed by atoms with Crippen molar-refractivity contribution < 1.29 is 8.42 Å². The van der Waals surface area contributed by atoms with Gasteiger partial charge >= 0.3 is 0 Å². The summed E-state index contributed by atoms with van der Waals surface area (Å²) in [5.41, 5.74) is 7.74. The molecule has 0 spiro atoms. The summed E-state index contributed by atoms with van der Waals surface area (Å²) >= 11 is 0. The Balaban J connectivity index is 2.23. The van der Waals surface area contributed by atoms with Crippen LogP contribution in [0.3, 0.4) is 0 Å². The van der Waals surface area contributed by atoms with E-state index >= 15 is 0 Å². The molecule has 6 heteroatoms. The Bertz CT molecular complexity index is 690. The summed E-state index contributed by atoms with van der Waals surface area (Å²) in [5.74, 6) is 0.0524. The lowest BCUT2D eigenvalue weighted by Crippen LogP contribution is -2.13. The highest BCUT2D eigenvalue weighted by Gasteiger charge is 2.18. The van der Waals surface area contributed by atoms with Crippen LogP contribution in [0, 0.1) is 6.92 Å². The summed E-state index contributed by atoms with van der Waals surface area (Å²) in [6.07, 6.45) is 2.10. The molecule has 0 radical (unpaired) electrons. The van der Waals surface area contributed by atoms with E-state index in [0.29, 0.717) is 17.0 Å². The SMILES string of the molecule is Cc1ccc(N)cc1S(=O)(=O)CCc1ccnn1C. The van der Waals surface area contributed by atoms with Gasteiger partial charge in [0.1, 0.15) is 0 Å². The van der Waals surface area contributed by atoms with Crippen molar-refractivity contribution in [3.8, 4) is 0 Å². The third-order valence-corrected chi connectivity index (χ3v) is 4.95. The number of aryl methyl sites for hydroxylation is 3. The second kappa shape index (κ2) is 5.05. The molecule has 1 aromatic carbocycles. The second-order valence-electron chi connectivity index (χ2n) is 4.54.